The molecule has 0 aliphatic heterocycles. The van der Waals surface area contributed by atoms with Gasteiger partial charge in [-0.05, 0) is 139 Å². The van der Waals surface area contributed by atoms with Crippen LogP contribution in [0.5, 0.6) is 28.7 Å². The highest BCUT2D eigenvalue weighted by atomic mass is 35.5. The van der Waals surface area contributed by atoms with Gasteiger partial charge in [-0.1, -0.05) is 185 Å². The molecule has 34 heteroatoms. The third-order valence-electron chi connectivity index (χ3n) is 20.4. The van der Waals surface area contributed by atoms with Crippen LogP contribution in [0.2, 0.25) is 35.2 Å². The quantitative estimate of drug-likeness (QED) is 0.0328. The number of alkyl halides is 6. The Hall–Kier alpha value is -12.2. The number of rotatable bonds is 19. The lowest BCUT2D eigenvalue weighted by Gasteiger charge is -2.23. The molecule has 8 heterocycles. The van der Waals surface area contributed by atoms with Crippen molar-refractivity contribution in [2.45, 2.75) is 76.3 Å². The van der Waals surface area contributed by atoms with Crippen molar-refractivity contribution >= 4 is 136 Å². The molecule has 15 nitrogen and oxygen atoms in total. The number of fused-ring (bicyclic) bond motifs is 4. The van der Waals surface area contributed by atoms with E-state index in [1.54, 1.807) is 98.3 Å². The molecule has 0 aliphatic carbocycles. The van der Waals surface area contributed by atoms with Gasteiger partial charge in [0.2, 0.25) is 11.6 Å². The predicted molar refractivity (Wildman–Crippen MR) is 469 cm³/mol. The number of phenolic OH excluding ortho intramolecular Hbond substituents is 4. The first-order valence-electron chi connectivity index (χ1n) is 38.1. The van der Waals surface area contributed by atoms with Gasteiger partial charge >= 0.3 is 12.4 Å². The molecule has 8 aromatic heterocycles. The van der Waals surface area contributed by atoms with Gasteiger partial charge in [-0.15, -0.1) is 0 Å². The van der Waals surface area contributed by atoms with Gasteiger partial charge in [0.1, 0.15) is 68.3 Å². The smallest absolute Gasteiger partial charge is 0.422 e. The van der Waals surface area contributed by atoms with Gasteiger partial charge < -0.3 is 35.8 Å². The molecule has 0 fully saturated rings. The zero-order valence-electron chi connectivity index (χ0n) is 66.0. The summed E-state index contributed by atoms with van der Waals surface area (Å²) in [6.07, 6.45) is 1.66. The van der Waals surface area contributed by atoms with E-state index in [1.165, 1.54) is 61.2 Å². The predicted octanol–water partition coefficient (Wildman–Crippen LogP) is 27.0. The van der Waals surface area contributed by atoms with E-state index in [-0.39, 0.29) is 73.7 Å². The number of nitrogens with zero attached hydrogens (tertiary/aromatic N) is 8. The van der Waals surface area contributed by atoms with Crippen LogP contribution in [-0.2, 0) is 25.4 Å². The molecule has 650 valence electrons. The van der Waals surface area contributed by atoms with E-state index < -0.39 is 94.4 Å². The van der Waals surface area contributed by atoms with Crippen molar-refractivity contribution in [3.05, 3.63) is 380 Å². The first kappa shape index (κ1) is 92.5. The van der Waals surface area contributed by atoms with Crippen LogP contribution in [0.1, 0.15) is 109 Å². The molecule has 0 aliphatic rings. The zero-order valence-corrected chi connectivity index (χ0v) is 71.3. The normalized spacial score (nSPS) is 12.5. The molecular weight excluding hydrogens is 1810 g/mol. The van der Waals surface area contributed by atoms with Gasteiger partial charge in [0.05, 0.1) is 43.4 Å². The number of halogens is 19. The second kappa shape index (κ2) is 39.8. The fourth-order valence-electron chi connectivity index (χ4n) is 14.2. The van der Waals surface area contributed by atoms with Crippen LogP contribution in [0, 0.1) is 48.8 Å². The lowest BCUT2D eigenvalue weighted by molar-refractivity contribution is -0.154. The Balaban J connectivity index is 0.000000146. The van der Waals surface area contributed by atoms with E-state index in [2.05, 4.69) is 55.2 Å². The van der Waals surface area contributed by atoms with Gasteiger partial charge in [-0.25, -0.2) is 27.5 Å². The molecule has 16 aromatic rings. The number of hydrogen-bond donors (Lipinski definition) is 6. The maximum Gasteiger partial charge on any atom is 0.422 e. The summed E-state index contributed by atoms with van der Waals surface area (Å²) >= 11 is 42.4. The van der Waals surface area contributed by atoms with Crippen LogP contribution in [0.15, 0.2) is 232 Å². The number of pyridine rings is 8. The summed E-state index contributed by atoms with van der Waals surface area (Å²) < 4.78 is 169. The van der Waals surface area contributed by atoms with Crippen molar-refractivity contribution < 1.29 is 77.8 Å². The number of hydrogen-bond acceptors (Lipinski definition) is 15. The minimum absolute atomic E-state index is 0.0163. The van der Waals surface area contributed by atoms with E-state index in [4.69, 9.17) is 81.2 Å². The Bertz CT molecular complexity index is 6770. The third-order valence-corrected chi connectivity index (χ3v) is 22.1. The average molecular weight is 1880 g/mol. The lowest BCUT2D eigenvalue weighted by Crippen LogP contribution is -2.22. The number of aromatic hydroxyl groups is 4. The Morgan fingerprint density at radius 3 is 1.30 bits per heavy atom. The molecule has 4 atom stereocenters. The number of aryl methyl sites for hydroxylation is 3. The number of nitrogens with one attached hydrogen (secondary N) is 2. The van der Waals surface area contributed by atoms with E-state index in [1.807, 2.05) is 80.6 Å². The molecule has 0 amide bonds. The summed E-state index contributed by atoms with van der Waals surface area (Å²) in [6.45, 7) is 3.33. The summed E-state index contributed by atoms with van der Waals surface area (Å²) in [5, 5.41) is 56.1. The highest BCUT2D eigenvalue weighted by molar-refractivity contribution is 6.35. The van der Waals surface area contributed by atoms with Crippen LogP contribution >= 0.6 is 81.2 Å². The molecule has 6 N–H and O–H groups in total. The largest absolute Gasteiger partial charge is 0.505 e. The van der Waals surface area contributed by atoms with Crippen molar-refractivity contribution in [1.82, 2.24) is 39.9 Å². The van der Waals surface area contributed by atoms with Crippen molar-refractivity contribution in [3.8, 4) is 28.7 Å². The highest BCUT2D eigenvalue weighted by Gasteiger charge is 2.38. The van der Waals surface area contributed by atoms with Crippen molar-refractivity contribution in [2.75, 3.05) is 17.2 Å². The number of benzene rings is 8. The number of aromatic nitrogens is 8. The lowest BCUT2D eigenvalue weighted by atomic mass is 9.84. The Morgan fingerprint density at radius 1 is 0.386 bits per heavy atom. The van der Waals surface area contributed by atoms with Gasteiger partial charge in [0, 0.05) is 144 Å². The number of phenols is 4. The fraction of sp³-hybridized carbons (Fsp3) is 0.140. The standard InChI is InChI=1S/C25H16ClF7N2O2.C23H14Cl2F4N2O.C23H19Cl2N3O.C22H16Cl2FN3O/c1-11-7-13(26)9-35-16(11)8-15(14-5-4-12-3-2-6-34-22(12)23(14)36)17-18(27)20(29)24(21(30)19(17)28)37-10-25(31,32)33;24-14-4-6-15(18(25)9-14)17(10-20-19(26)8-13(11-31-20)23(27,28)29)16-5-3-12-2-1-7-30-21(12)22(16)32;1-2-14-12-18(25)13-27-23(14)28-20(16-5-8-17(24)9-6-16)19-10-7-15-4-3-11-26-21(15)22(19)29;1-12-9-15(23)11-27-22(12)28-19(14-5-7-17(24)18(25)10-14)16-6-4-13-3-2-8-26-20(13)21(16)29/h2-7,9,15,36H,8,10H2,1H3;1-9,11,17,32H,10H2;3-13,20,29H,2H2,1H3,(H,27,28);2-11,19,29H,1H3,(H,27,28). The molecule has 127 heavy (non-hydrogen) atoms. The molecule has 0 saturated carbocycles. The van der Waals surface area contributed by atoms with Crippen LogP contribution in [-0.4, -0.2) is 73.1 Å². The maximum atomic E-state index is 15.3. The minimum atomic E-state index is -5.02. The SMILES string of the molecule is CCc1cc(Cl)cnc1NC(c1ccc(Cl)cc1)c1ccc2cccnc2c1O.Cc1cc(Cl)cnc1CC(c1ccc2cccnc2c1O)c1c(F)c(F)c(OCC(F)(F)F)c(F)c1F.Cc1cc(Cl)cnc1NC(c1ccc(Cl)c(F)c1)c1ccc2cccnc2c1O.Oc1c(C(Cc2ncc(C(F)(F)F)cc2F)c2ccc(Cl)cc2Cl)ccc2cccnc12. The monoisotopic (exact) mass is 1870 g/mol. The molecule has 0 spiro atoms. The minimum Gasteiger partial charge on any atom is -0.505 e. The number of ether oxygens (including phenoxy) is 1. The van der Waals surface area contributed by atoms with Crippen molar-refractivity contribution in [3.63, 3.8) is 0 Å². The van der Waals surface area contributed by atoms with E-state index in [0.717, 1.165) is 39.7 Å². The topological polar surface area (TPSA) is 217 Å². The van der Waals surface area contributed by atoms with Gasteiger partial charge in [0.15, 0.2) is 24.0 Å². The van der Waals surface area contributed by atoms with E-state index in [0.29, 0.717) is 98.9 Å². The summed E-state index contributed by atoms with van der Waals surface area (Å²) in [5.74, 6) is -13.3. The molecule has 0 saturated heterocycles. The van der Waals surface area contributed by atoms with Crippen LogP contribution in [0.4, 0.5) is 64.3 Å². The summed E-state index contributed by atoms with van der Waals surface area (Å²) in [5.41, 5.74) is 4.87. The number of anilines is 2. The van der Waals surface area contributed by atoms with E-state index in [9.17, 15) is 64.3 Å². The summed E-state index contributed by atoms with van der Waals surface area (Å²) in [6, 6.07) is 49.2. The fourth-order valence-corrected chi connectivity index (χ4v) is 15.6. The second-order valence-corrected chi connectivity index (χ2v) is 31.7. The Kier molecular flexibility index (Phi) is 29.0. The Morgan fingerprint density at radius 2 is 0.819 bits per heavy atom. The van der Waals surface area contributed by atoms with Crippen molar-refractivity contribution in [2.24, 2.45) is 0 Å². The van der Waals surface area contributed by atoms with Gasteiger partial charge in [-0.2, -0.15) is 35.1 Å². The third kappa shape index (κ3) is 21.4. The molecule has 8 aromatic carbocycles. The molecule has 0 radical (unpaired) electrons. The molecule has 16 rings (SSSR count). The van der Waals surface area contributed by atoms with Crippen molar-refractivity contribution in [1.29, 1.82) is 0 Å². The zero-order chi connectivity index (χ0) is 91.0. The maximum absolute atomic E-state index is 15.3. The first-order valence-corrected chi connectivity index (χ1v) is 40.8. The Labute approximate surface area is 751 Å². The van der Waals surface area contributed by atoms with Gasteiger partial charge in [0.25, 0.3) is 0 Å². The summed E-state index contributed by atoms with van der Waals surface area (Å²) in [4.78, 5) is 33.5. The van der Waals surface area contributed by atoms with Crippen LogP contribution < -0.4 is 15.4 Å². The van der Waals surface area contributed by atoms with Gasteiger partial charge in [-0.3, -0.25) is 29.9 Å². The highest BCUT2D eigenvalue weighted by Crippen LogP contribution is 2.47. The molecule has 4 unspecified atom stereocenters. The summed E-state index contributed by atoms with van der Waals surface area (Å²) in [7, 11) is 0. The van der Waals surface area contributed by atoms with E-state index >= 15 is 8.78 Å². The first-order chi connectivity index (χ1) is 60.5. The molecule has 0 bridgehead atoms. The van der Waals surface area contributed by atoms with Crippen LogP contribution in [0.3, 0.4) is 0 Å². The molecular formula is C93H65Cl7F12N10O5. The average Bonchev–Trinajstić information content (AvgIpc) is 0.760. The second-order valence-electron chi connectivity index (χ2n) is 28.7. The van der Waals surface area contributed by atoms with Crippen LogP contribution in [0.25, 0.3) is 43.6 Å².